The number of nitro benzene ring substituents is 1. The summed E-state index contributed by atoms with van der Waals surface area (Å²) in [4.78, 5) is 35.5. The van der Waals surface area contributed by atoms with E-state index in [0.717, 1.165) is 125 Å². The minimum absolute atomic E-state index is 0.129. The number of nitrogens with one attached hydrogen (secondary N) is 2. The highest BCUT2D eigenvalue weighted by Gasteiger charge is 2.30. The fourth-order valence-electron chi connectivity index (χ4n) is 9.42. The van der Waals surface area contributed by atoms with Crippen LogP contribution in [0, 0.1) is 21.4 Å². The summed E-state index contributed by atoms with van der Waals surface area (Å²) < 4.78 is 29.3. The highest BCUT2D eigenvalue weighted by Crippen LogP contribution is 2.43. The van der Waals surface area contributed by atoms with Crippen LogP contribution in [-0.2, 0) is 10.0 Å². The number of likely N-dealkylation sites (tertiary alicyclic amines) is 1. The molecule has 0 unspecified atom stereocenters. The zero-order valence-corrected chi connectivity index (χ0v) is 41.3. The SMILES string of the molecule is CN(C)CCC1CCN(CC[C@H](CSc2ccccc2)Nc2ccc(S(=O)(=O)NC(=O)c3ccc(N4CCN(CC5=C(c6ccc(Cl)cc6)CCC(C)(C)C5)CC4)cc3)cc2[N+](=O)[O-])CC1. The van der Waals surface area contributed by atoms with Crippen LogP contribution in [0.2, 0.25) is 5.02 Å². The Balaban J connectivity index is 0.951. The Morgan fingerprint density at radius 3 is 2.29 bits per heavy atom. The predicted octanol–water partition coefficient (Wildman–Crippen LogP) is 9.78. The van der Waals surface area contributed by atoms with Gasteiger partial charge >= 0.3 is 0 Å². The Labute approximate surface area is 401 Å². The van der Waals surface area contributed by atoms with Crippen molar-refractivity contribution >= 4 is 61.9 Å². The maximum Gasteiger partial charge on any atom is 0.293 e. The van der Waals surface area contributed by atoms with Gasteiger partial charge in [-0.1, -0.05) is 61.4 Å². The Morgan fingerprint density at radius 1 is 0.924 bits per heavy atom. The third-order valence-electron chi connectivity index (χ3n) is 13.4. The number of hydrogen-bond acceptors (Lipinski definition) is 11. The summed E-state index contributed by atoms with van der Waals surface area (Å²) in [7, 11) is -0.217. The lowest BCUT2D eigenvalue weighted by Crippen LogP contribution is -2.47. The number of rotatable bonds is 19. The fourth-order valence-corrected chi connectivity index (χ4v) is 11.5. The first kappa shape index (κ1) is 49.5. The molecule has 3 aliphatic rings. The number of thioether (sulfide) groups is 1. The number of allylic oxidation sites excluding steroid dienone is 1. The molecule has 2 aliphatic heterocycles. The number of hydrogen-bond donors (Lipinski definition) is 2. The van der Waals surface area contributed by atoms with Gasteiger partial charge in [-0.15, -0.1) is 11.8 Å². The maximum atomic E-state index is 13.6. The molecule has 7 rings (SSSR count). The summed E-state index contributed by atoms with van der Waals surface area (Å²) in [6.07, 6.45) is 7.57. The molecule has 0 bridgehead atoms. The van der Waals surface area contributed by atoms with Crippen LogP contribution in [0.15, 0.2) is 112 Å². The highest BCUT2D eigenvalue weighted by atomic mass is 35.5. The molecule has 4 aromatic rings. The molecule has 12 nitrogen and oxygen atoms in total. The number of carbonyl (C=O) groups is 1. The number of carbonyl (C=O) groups excluding carboxylic acids is 1. The summed E-state index contributed by atoms with van der Waals surface area (Å²) in [5.41, 5.74) is 5.45. The lowest BCUT2D eigenvalue weighted by Gasteiger charge is -2.39. The van der Waals surface area contributed by atoms with Gasteiger partial charge in [-0.2, -0.15) is 0 Å². The minimum Gasteiger partial charge on any atom is -0.376 e. The van der Waals surface area contributed by atoms with Gasteiger partial charge in [-0.05, 0) is 162 Å². The fraction of sp³-hybridized carbons (Fsp3) is 0.471. The number of amides is 1. The lowest BCUT2D eigenvalue weighted by molar-refractivity contribution is -0.384. The number of benzene rings is 4. The molecule has 2 fully saturated rings. The van der Waals surface area contributed by atoms with Gasteiger partial charge in [0, 0.05) is 78.3 Å². The Morgan fingerprint density at radius 2 is 1.62 bits per heavy atom. The monoisotopic (exact) mass is 955 g/mol. The predicted molar refractivity (Wildman–Crippen MR) is 270 cm³/mol. The van der Waals surface area contributed by atoms with E-state index in [4.69, 9.17) is 11.6 Å². The van der Waals surface area contributed by atoms with Gasteiger partial charge in [-0.25, -0.2) is 13.1 Å². The molecule has 354 valence electrons. The molecule has 0 aromatic heterocycles. The molecule has 15 heteroatoms. The normalized spacial score (nSPS) is 18.1. The van der Waals surface area contributed by atoms with E-state index in [-0.39, 0.29) is 33.3 Å². The van der Waals surface area contributed by atoms with Crippen LogP contribution in [0.5, 0.6) is 0 Å². The van der Waals surface area contributed by atoms with Crippen molar-refractivity contribution in [2.45, 2.75) is 74.6 Å². The van der Waals surface area contributed by atoms with Crippen molar-refractivity contribution in [3.05, 3.63) is 129 Å². The summed E-state index contributed by atoms with van der Waals surface area (Å²) in [6.45, 7) is 13.1. The minimum atomic E-state index is -4.44. The van der Waals surface area contributed by atoms with Gasteiger partial charge in [0.15, 0.2) is 0 Å². The molecule has 66 heavy (non-hydrogen) atoms. The van der Waals surface area contributed by atoms with E-state index in [1.807, 2.05) is 54.6 Å². The van der Waals surface area contributed by atoms with Crippen LogP contribution in [0.1, 0.15) is 74.7 Å². The maximum absolute atomic E-state index is 13.6. The van der Waals surface area contributed by atoms with Crippen molar-refractivity contribution in [2.24, 2.45) is 11.3 Å². The van der Waals surface area contributed by atoms with Crippen molar-refractivity contribution in [2.75, 3.05) is 89.0 Å². The number of nitrogens with zero attached hydrogens (tertiary/aromatic N) is 5. The van der Waals surface area contributed by atoms with Gasteiger partial charge in [0.2, 0.25) is 0 Å². The van der Waals surface area contributed by atoms with E-state index >= 15 is 0 Å². The van der Waals surface area contributed by atoms with Crippen molar-refractivity contribution in [3.8, 4) is 0 Å². The first-order chi connectivity index (χ1) is 31.6. The topological polar surface area (TPSA) is 131 Å². The van der Waals surface area contributed by atoms with Gasteiger partial charge in [-0.3, -0.25) is 19.8 Å². The first-order valence-corrected chi connectivity index (χ1v) is 26.2. The molecule has 0 radical (unpaired) electrons. The molecule has 1 amide bonds. The van der Waals surface area contributed by atoms with E-state index < -0.39 is 20.9 Å². The molecular weight excluding hydrogens is 890 g/mol. The number of halogens is 1. The third kappa shape index (κ3) is 13.8. The van der Waals surface area contributed by atoms with Crippen molar-refractivity contribution in [3.63, 3.8) is 0 Å². The van der Waals surface area contributed by atoms with Crippen molar-refractivity contribution in [1.29, 1.82) is 0 Å². The van der Waals surface area contributed by atoms with E-state index in [1.54, 1.807) is 23.9 Å². The average molecular weight is 957 g/mol. The van der Waals surface area contributed by atoms with Crippen LogP contribution in [0.25, 0.3) is 5.57 Å². The summed E-state index contributed by atoms with van der Waals surface area (Å²) >= 11 is 7.89. The zero-order chi connectivity index (χ0) is 46.8. The molecule has 2 N–H and O–H groups in total. The van der Waals surface area contributed by atoms with Crippen LogP contribution in [0.4, 0.5) is 17.1 Å². The van der Waals surface area contributed by atoms with E-state index in [0.29, 0.717) is 5.75 Å². The second kappa shape index (κ2) is 22.6. The van der Waals surface area contributed by atoms with Crippen molar-refractivity contribution < 1.29 is 18.1 Å². The largest absolute Gasteiger partial charge is 0.376 e. The third-order valence-corrected chi connectivity index (χ3v) is 16.1. The van der Waals surface area contributed by atoms with Gasteiger partial charge in [0.05, 0.1) is 9.82 Å². The second-order valence-electron chi connectivity index (χ2n) is 19.2. The molecule has 4 aromatic carbocycles. The van der Waals surface area contributed by atoms with Crippen LogP contribution < -0.4 is 14.9 Å². The molecule has 2 heterocycles. The van der Waals surface area contributed by atoms with Crippen LogP contribution >= 0.6 is 23.4 Å². The number of sulfonamides is 1. The van der Waals surface area contributed by atoms with E-state index in [2.05, 4.69) is 69.7 Å². The molecule has 2 saturated heterocycles. The number of anilines is 2. The second-order valence-corrected chi connectivity index (χ2v) is 22.5. The summed E-state index contributed by atoms with van der Waals surface area (Å²) in [6, 6.07) is 28.8. The highest BCUT2D eigenvalue weighted by molar-refractivity contribution is 7.99. The van der Waals surface area contributed by atoms with E-state index in [9.17, 15) is 23.3 Å². The zero-order valence-electron chi connectivity index (χ0n) is 38.9. The van der Waals surface area contributed by atoms with Crippen molar-refractivity contribution in [1.82, 2.24) is 19.4 Å². The standard InChI is InChI=1S/C51H66ClN7O5S2/c1-51(2)25-20-47(39-10-14-42(52)15-11-39)41(35-51)36-57-30-32-58(33-31-57)44-16-12-40(13-17-44)50(60)54-66(63,64)46-18-19-48(49(34-46)59(61)62)53-43(37-65-45-8-6-5-7-9-45)24-29-56-27-22-38(23-28-56)21-26-55(3)4/h5-19,34,38,43,53H,20-33,35-37H2,1-4H3,(H,54,60)/t43-/m1/s1. The molecular formula is C51H66ClN7O5S2. The van der Waals surface area contributed by atoms with Gasteiger partial charge in [0.25, 0.3) is 21.6 Å². The molecule has 0 saturated carbocycles. The molecule has 0 spiro atoms. The Bertz CT molecular complexity index is 2400. The number of piperidine rings is 1. The smallest absolute Gasteiger partial charge is 0.293 e. The van der Waals surface area contributed by atoms with Crippen LogP contribution in [-0.4, -0.2) is 119 Å². The van der Waals surface area contributed by atoms with E-state index in [1.165, 1.54) is 35.3 Å². The van der Waals surface area contributed by atoms with Crippen LogP contribution in [0.3, 0.4) is 0 Å². The van der Waals surface area contributed by atoms with Gasteiger partial charge < -0.3 is 20.0 Å². The number of nitro groups is 1. The lowest BCUT2D eigenvalue weighted by atomic mass is 9.73. The Kier molecular flexibility index (Phi) is 16.9. The molecule has 1 aliphatic carbocycles. The number of piperazine rings is 1. The quantitative estimate of drug-likeness (QED) is 0.0529. The average Bonchev–Trinajstić information content (AvgIpc) is 3.30. The summed E-state index contributed by atoms with van der Waals surface area (Å²) in [5.74, 6) is 0.581. The van der Waals surface area contributed by atoms with Gasteiger partial charge in [0.1, 0.15) is 5.69 Å². The molecule has 1 atom stereocenters. The Hall–Kier alpha value is -4.44. The summed E-state index contributed by atoms with van der Waals surface area (Å²) in [5, 5.41) is 16.6. The first-order valence-electron chi connectivity index (χ1n) is 23.3.